The average Bonchev–Trinajstić information content (AvgIpc) is 2.15. The topological polar surface area (TPSA) is 46.2 Å². The maximum atomic E-state index is 12.3. The van der Waals surface area contributed by atoms with Crippen molar-refractivity contribution in [1.82, 2.24) is 0 Å². The van der Waals surface area contributed by atoms with E-state index in [-0.39, 0.29) is 23.7 Å². The molecular weight excluding hydrogens is 243 g/mol. The summed E-state index contributed by atoms with van der Waals surface area (Å²) in [6.07, 6.45) is -3.94. The van der Waals surface area contributed by atoms with E-state index in [0.29, 0.717) is 6.42 Å². The zero-order valence-corrected chi connectivity index (χ0v) is 9.40. The summed E-state index contributed by atoms with van der Waals surface area (Å²) < 4.78 is 37.0. The van der Waals surface area contributed by atoms with Crippen LogP contribution in [0.25, 0.3) is 0 Å². The minimum atomic E-state index is -4.41. The molecule has 1 aromatic carbocycles. The van der Waals surface area contributed by atoms with Crippen molar-refractivity contribution in [2.45, 2.75) is 25.6 Å². The van der Waals surface area contributed by atoms with Crippen LogP contribution in [0.5, 0.6) is 5.75 Å². The van der Waals surface area contributed by atoms with E-state index >= 15 is 0 Å². The Bertz CT molecular complexity index is 354. The SMILES string of the molecule is CC[C@H](N)c1cc(C(F)(F)F)ccc1O.Cl. The molecule has 1 rings (SSSR count). The molecule has 3 N–H and O–H groups in total. The van der Waals surface area contributed by atoms with Gasteiger partial charge >= 0.3 is 6.18 Å². The molecular formula is C10H13ClF3NO. The normalized spacial score (nSPS) is 13.1. The number of hydrogen-bond acceptors (Lipinski definition) is 2. The molecule has 0 aromatic heterocycles. The summed E-state index contributed by atoms with van der Waals surface area (Å²) in [4.78, 5) is 0. The molecule has 0 aliphatic carbocycles. The Morgan fingerprint density at radius 2 is 1.94 bits per heavy atom. The average molecular weight is 256 g/mol. The van der Waals surface area contributed by atoms with Crippen molar-refractivity contribution < 1.29 is 18.3 Å². The molecule has 6 heteroatoms. The van der Waals surface area contributed by atoms with Gasteiger partial charge in [0, 0.05) is 11.6 Å². The van der Waals surface area contributed by atoms with Crippen molar-refractivity contribution in [3.8, 4) is 5.75 Å². The number of nitrogens with two attached hydrogens (primary N) is 1. The fraction of sp³-hybridized carbons (Fsp3) is 0.400. The molecule has 0 aliphatic heterocycles. The van der Waals surface area contributed by atoms with Gasteiger partial charge in [0.05, 0.1) is 5.56 Å². The summed E-state index contributed by atoms with van der Waals surface area (Å²) in [6.45, 7) is 1.74. The first-order valence-corrected chi connectivity index (χ1v) is 4.52. The van der Waals surface area contributed by atoms with Crippen LogP contribution in [0.3, 0.4) is 0 Å². The summed E-state index contributed by atoms with van der Waals surface area (Å²) in [5.74, 6) is -0.197. The van der Waals surface area contributed by atoms with Gasteiger partial charge in [-0.2, -0.15) is 13.2 Å². The molecule has 16 heavy (non-hydrogen) atoms. The minimum absolute atomic E-state index is 0. The van der Waals surface area contributed by atoms with Gasteiger partial charge in [0.15, 0.2) is 0 Å². The van der Waals surface area contributed by atoms with Gasteiger partial charge in [-0.15, -0.1) is 12.4 Å². The molecule has 1 atom stereocenters. The number of halogens is 4. The molecule has 0 spiro atoms. The van der Waals surface area contributed by atoms with E-state index in [4.69, 9.17) is 5.73 Å². The van der Waals surface area contributed by atoms with Crippen LogP contribution in [0.1, 0.15) is 30.5 Å². The number of hydrogen-bond donors (Lipinski definition) is 2. The lowest BCUT2D eigenvalue weighted by Crippen LogP contribution is -2.11. The highest BCUT2D eigenvalue weighted by Crippen LogP contribution is 2.34. The summed E-state index contributed by atoms with van der Waals surface area (Å²) in [6, 6.07) is 2.17. The second-order valence-corrected chi connectivity index (χ2v) is 3.29. The fourth-order valence-corrected chi connectivity index (χ4v) is 1.25. The van der Waals surface area contributed by atoms with Crippen LogP contribution in [0.4, 0.5) is 13.2 Å². The first-order chi connectivity index (χ1) is 6.86. The van der Waals surface area contributed by atoms with Crippen molar-refractivity contribution in [3.05, 3.63) is 29.3 Å². The van der Waals surface area contributed by atoms with Crippen molar-refractivity contribution >= 4 is 12.4 Å². The first kappa shape index (κ1) is 15.1. The highest BCUT2D eigenvalue weighted by atomic mass is 35.5. The summed E-state index contributed by atoms with van der Waals surface area (Å²) in [7, 11) is 0. The molecule has 0 unspecified atom stereocenters. The van der Waals surface area contributed by atoms with Crippen LogP contribution >= 0.6 is 12.4 Å². The smallest absolute Gasteiger partial charge is 0.416 e. The maximum Gasteiger partial charge on any atom is 0.416 e. The van der Waals surface area contributed by atoms with E-state index in [1.54, 1.807) is 6.92 Å². The Balaban J connectivity index is 0.00000225. The van der Waals surface area contributed by atoms with E-state index < -0.39 is 17.8 Å². The molecule has 2 nitrogen and oxygen atoms in total. The van der Waals surface area contributed by atoms with Crippen LogP contribution in [0.2, 0.25) is 0 Å². The number of phenolic OH excluding ortho intramolecular Hbond substituents is 1. The molecule has 0 saturated heterocycles. The lowest BCUT2D eigenvalue weighted by atomic mass is 10.0. The summed E-state index contributed by atoms with van der Waals surface area (Å²) in [5.41, 5.74) is 4.92. The van der Waals surface area contributed by atoms with Gasteiger partial charge in [0.1, 0.15) is 5.75 Å². The Labute approximate surface area is 97.7 Å². The number of phenols is 1. The highest BCUT2D eigenvalue weighted by Gasteiger charge is 2.31. The third-order valence-corrected chi connectivity index (χ3v) is 2.19. The zero-order chi connectivity index (χ0) is 11.6. The van der Waals surface area contributed by atoms with Crippen LogP contribution in [0, 0.1) is 0 Å². The molecule has 1 aromatic rings. The lowest BCUT2D eigenvalue weighted by molar-refractivity contribution is -0.137. The van der Waals surface area contributed by atoms with Gasteiger partial charge in [0.25, 0.3) is 0 Å². The van der Waals surface area contributed by atoms with Gasteiger partial charge in [-0.1, -0.05) is 6.92 Å². The van der Waals surface area contributed by atoms with Gasteiger partial charge in [-0.25, -0.2) is 0 Å². The van der Waals surface area contributed by atoms with E-state index in [0.717, 1.165) is 18.2 Å². The van der Waals surface area contributed by atoms with E-state index in [1.807, 2.05) is 0 Å². The first-order valence-electron chi connectivity index (χ1n) is 4.52. The van der Waals surface area contributed by atoms with Crippen LogP contribution in [-0.4, -0.2) is 5.11 Å². The number of alkyl halides is 3. The second kappa shape index (κ2) is 5.41. The third kappa shape index (κ3) is 3.28. The number of aromatic hydroxyl groups is 1. The zero-order valence-electron chi connectivity index (χ0n) is 8.58. The Kier molecular flexibility index (Phi) is 5.09. The van der Waals surface area contributed by atoms with Crippen molar-refractivity contribution in [1.29, 1.82) is 0 Å². The molecule has 0 bridgehead atoms. The Morgan fingerprint density at radius 1 is 1.38 bits per heavy atom. The van der Waals surface area contributed by atoms with Gasteiger partial charge in [-0.3, -0.25) is 0 Å². The summed E-state index contributed by atoms with van der Waals surface area (Å²) in [5, 5.41) is 9.35. The number of rotatable bonds is 2. The Morgan fingerprint density at radius 3 is 2.38 bits per heavy atom. The van der Waals surface area contributed by atoms with Crippen LogP contribution < -0.4 is 5.73 Å². The monoisotopic (exact) mass is 255 g/mol. The van der Waals surface area contributed by atoms with Gasteiger partial charge in [0.2, 0.25) is 0 Å². The molecule has 0 amide bonds. The molecule has 92 valence electrons. The fourth-order valence-electron chi connectivity index (χ4n) is 1.25. The van der Waals surface area contributed by atoms with E-state index in [2.05, 4.69) is 0 Å². The van der Waals surface area contributed by atoms with Crippen molar-refractivity contribution in [2.24, 2.45) is 5.73 Å². The lowest BCUT2D eigenvalue weighted by Gasteiger charge is -2.14. The van der Waals surface area contributed by atoms with Gasteiger partial charge < -0.3 is 10.8 Å². The molecule has 0 radical (unpaired) electrons. The molecule has 0 heterocycles. The molecule has 0 aliphatic rings. The second-order valence-electron chi connectivity index (χ2n) is 3.29. The molecule has 0 saturated carbocycles. The summed E-state index contributed by atoms with van der Waals surface area (Å²) >= 11 is 0. The maximum absolute atomic E-state index is 12.3. The van der Waals surface area contributed by atoms with Crippen molar-refractivity contribution in [2.75, 3.05) is 0 Å². The predicted molar refractivity (Wildman–Crippen MR) is 57.6 cm³/mol. The molecule has 0 fully saturated rings. The largest absolute Gasteiger partial charge is 0.508 e. The van der Waals surface area contributed by atoms with Gasteiger partial charge in [-0.05, 0) is 24.6 Å². The standard InChI is InChI=1S/C10H12F3NO.ClH/c1-2-8(14)7-5-6(10(11,12)13)3-4-9(7)15;/h3-5,8,15H,2,14H2,1H3;1H/t8-;/m0./s1. The minimum Gasteiger partial charge on any atom is -0.508 e. The number of benzene rings is 1. The quantitative estimate of drug-likeness (QED) is 0.852. The van der Waals surface area contributed by atoms with E-state index in [1.165, 1.54) is 0 Å². The van der Waals surface area contributed by atoms with Crippen LogP contribution in [-0.2, 0) is 6.18 Å². The Hall–Kier alpha value is -0.940. The van der Waals surface area contributed by atoms with E-state index in [9.17, 15) is 18.3 Å². The van der Waals surface area contributed by atoms with Crippen LogP contribution in [0.15, 0.2) is 18.2 Å². The van der Waals surface area contributed by atoms with Crippen molar-refractivity contribution in [3.63, 3.8) is 0 Å². The highest BCUT2D eigenvalue weighted by molar-refractivity contribution is 5.85. The third-order valence-electron chi connectivity index (χ3n) is 2.19. The predicted octanol–water partition coefficient (Wildman–Crippen LogP) is 3.24.